The Hall–Kier alpha value is -1.81. The summed E-state index contributed by atoms with van der Waals surface area (Å²) in [5, 5.41) is 4.38. The van der Waals surface area contributed by atoms with E-state index in [9.17, 15) is 0 Å². The van der Waals surface area contributed by atoms with Crippen molar-refractivity contribution in [2.45, 2.75) is 26.2 Å². The molecule has 1 saturated carbocycles. The van der Waals surface area contributed by atoms with Gasteiger partial charge in [-0.2, -0.15) is 24.3 Å². The first-order valence-electron chi connectivity index (χ1n) is 9.94. The summed E-state index contributed by atoms with van der Waals surface area (Å²) in [6, 6.07) is 30.0. The first-order chi connectivity index (χ1) is 14.3. The Kier molecular flexibility index (Phi) is 8.80. The maximum absolute atomic E-state index is 4.91. The van der Waals surface area contributed by atoms with Crippen LogP contribution in [-0.4, -0.2) is 4.98 Å². The SMILES string of the molecule is Cc1cc[c-]cc1Nc1nc(-c2ccccc2)c(Cc2ccccc2)s1.[CH-]1CC1.[Y]. The van der Waals surface area contributed by atoms with Gasteiger partial charge in [-0.05, 0) is 5.56 Å². The molecule has 0 saturated heterocycles. The van der Waals surface area contributed by atoms with Crippen LogP contribution in [0.2, 0.25) is 0 Å². The fraction of sp³-hybridized carbons (Fsp3) is 0.154. The van der Waals surface area contributed by atoms with Crippen LogP contribution in [0, 0.1) is 19.4 Å². The summed E-state index contributed by atoms with van der Waals surface area (Å²) in [4.78, 5) is 6.17. The van der Waals surface area contributed by atoms with Gasteiger partial charge >= 0.3 is 0 Å². The third kappa shape index (κ3) is 6.60. The number of thiazole rings is 1. The van der Waals surface area contributed by atoms with Crippen molar-refractivity contribution in [1.29, 1.82) is 0 Å². The number of nitrogens with zero attached hydrogens (tertiary/aromatic N) is 1. The van der Waals surface area contributed by atoms with Gasteiger partial charge in [-0.15, -0.1) is 16.9 Å². The first kappa shape index (κ1) is 22.9. The third-order valence-electron chi connectivity index (χ3n) is 4.56. The van der Waals surface area contributed by atoms with Crippen LogP contribution in [0.25, 0.3) is 11.3 Å². The van der Waals surface area contributed by atoms with Gasteiger partial charge in [0.25, 0.3) is 0 Å². The largest absolute Gasteiger partial charge is 0.385 e. The molecule has 3 aromatic carbocycles. The predicted molar refractivity (Wildman–Crippen MR) is 124 cm³/mol. The van der Waals surface area contributed by atoms with Gasteiger partial charge in [0.2, 0.25) is 0 Å². The van der Waals surface area contributed by atoms with E-state index in [0.717, 1.165) is 28.5 Å². The summed E-state index contributed by atoms with van der Waals surface area (Å²) in [5.74, 6) is 0. The molecule has 5 rings (SSSR count). The second-order valence-electron chi connectivity index (χ2n) is 7.05. The number of aryl methyl sites for hydroxylation is 1. The van der Waals surface area contributed by atoms with Crippen LogP contribution in [0.4, 0.5) is 10.8 Å². The summed E-state index contributed by atoms with van der Waals surface area (Å²) in [6.07, 6.45) is 5.88. The van der Waals surface area contributed by atoms with Gasteiger partial charge in [0.15, 0.2) is 5.13 Å². The third-order valence-corrected chi connectivity index (χ3v) is 5.54. The Bertz CT molecular complexity index is 1040. The molecular formula is C26H24N2SY-2. The molecule has 1 fully saturated rings. The molecule has 0 unspecified atom stereocenters. The first-order valence-corrected chi connectivity index (χ1v) is 10.8. The predicted octanol–water partition coefficient (Wildman–Crippen LogP) is 7.24. The molecule has 1 aliphatic rings. The molecule has 4 aromatic rings. The van der Waals surface area contributed by atoms with E-state index in [1.807, 2.05) is 18.2 Å². The average Bonchev–Trinajstić information content (AvgIpc) is 3.60. The van der Waals surface area contributed by atoms with Crippen LogP contribution in [0.1, 0.15) is 28.8 Å². The number of hydrogen-bond donors (Lipinski definition) is 1. The summed E-state index contributed by atoms with van der Waals surface area (Å²) >= 11 is 1.72. The van der Waals surface area contributed by atoms with Crippen molar-refractivity contribution in [2.24, 2.45) is 0 Å². The molecule has 30 heavy (non-hydrogen) atoms. The van der Waals surface area contributed by atoms with Gasteiger partial charge in [0.1, 0.15) is 0 Å². The van der Waals surface area contributed by atoms with Gasteiger partial charge in [0, 0.05) is 49.6 Å². The van der Waals surface area contributed by atoms with Crippen molar-refractivity contribution in [3.63, 3.8) is 0 Å². The van der Waals surface area contributed by atoms with E-state index in [1.165, 1.54) is 28.8 Å². The zero-order valence-corrected chi connectivity index (χ0v) is 20.8. The second-order valence-corrected chi connectivity index (χ2v) is 8.13. The Labute approximate surface area is 208 Å². The number of aromatic nitrogens is 1. The number of hydrogen-bond acceptors (Lipinski definition) is 3. The van der Waals surface area contributed by atoms with Crippen LogP contribution in [-0.2, 0) is 39.1 Å². The molecule has 0 bridgehead atoms. The Morgan fingerprint density at radius 1 is 1.00 bits per heavy atom. The number of benzene rings is 3. The zero-order chi connectivity index (χ0) is 19.9. The van der Waals surface area contributed by atoms with Crippen molar-refractivity contribution >= 4 is 22.2 Å². The second kappa shape index (κ2) is 11.5. The van der Waals surface area contributed by atoms with Crippen LogP contribution < -0.4 is 5.32 Å². The van der Waals surface area contributed by atoms with E-state index < -0.39 is 0 Å². The van der Waals surface area contributed by atoms with Crippen molar-refractivity contribution < 1.29 is 32.7 Å². The number of rotatable bonds is 5. The molecule has 149 valence electrons. The van der Waals surface area contributed by atoms with Gasteiger partial charge in [0.05, 0.1) is 5.69 Å². The summed E-state index contributed by atoms with van der Waals surface area (Å²) in [5.41, 5.74) is 5.74. The molecule has 1 radical (unpaired) electrons. The van der Waals surface area contributed by atoms with E-state index in [2.05, 4.69) is 85.4 Å². The van der Waals surface area contributed by atoms with Crippen molar-refractivity contribution in [3.8, 4) is 11.3 Å². The van der Waals surface area contributed by atoms with E-state index in [4.69, 9.17) is 4.98 Å². The minimum absolute atomic E-state index is 0. The van der Waals surface area contributed by atoms with Crippen LogP contribution in [0.3, 0.4) is 0 Å². The Balaban J connectivity index is 0.000000589. The fourth-order valence-electron chi connectivity index (χ4n) is 2.89. The monoisotopic (exact) mass is 485 g/mol. The number of anilines is 2. The Morgan fingerprint density at radius 2 is 1.67 bits per heavy atom. The molecule has 0 amide bonds. The molecule has 0 atom stereocenters. The molecule has 2 nitrogen and oxygen atoms in total. The molecule has 1 N–H and O–H groups in total. The van der Waals surface area contributed by atoms with Crippen molar-refractivity contribution in [3.05, 3.63) is 107 Å². The smallest absolute Gasteiger partial charge is 0.176 e. The molecule has 0 spiro atoms. The average molecular weight is 485 g/mol. The standard InChI is InChI=1S/C23H19N2S.C3H5.Y/c1-17-10-8-9-15-20(17)24-23-25-22(19-13-6-3-7-14-19)21(26-23)16-18-11-4-2-5-12-18;1-2-3-1;/h2-8,10-15H,16H2,1H3,(H,24,25);1H,2-3H2;/q2*-1;. The summed E-state index contributed by atoms with van der Waals surface area (Å²) < 4.78 is 0. The molecule has 0 aliphatic heterocycles. The van der Waals surface area contributed by atoms with Gasteiger partial charge in [-0.1, -0.05) is 73.3 Å². The normalized spacial score (nSPS) is 11.6. The minimum Gasteiger partial charge on any atom is -0.385 e. The number of nitrogens with one attached hydrogen (secondary N) is 1. The van der Waals surface area contributed by atoms with Crippen molar-refractivity contribution in [2.75, 3.05) is 5.32 Å². The van der Waals surface area contributed by atoms with Crippen LogP contribution in [0.15, 0.2) is 78.9 Å². The molecular weight excluding hydrogens is 461 g/mol. The van der Waals surface area contributed by atoms with E-state index in [0.29, 0.717) is 0 Å². The van der Waals surface area contributed by atoms with E-state index in [1.54, 1.807) is 11.3 Å². The summed E-state index contributed by atoms with van der Waals surface area (Å²) in [7, 11) is 0. The maximum atomic E-state index is 4.91. The molecule has 1 aromatic heterocycles. The van der Waals surface area contributed by atoms with Crippen molar-refractivity contribution in [1.82, 2.24) is 4.98 Å². The van der Waals surface area contributed by atoms with Crippen LogP contribution in [0.5, 0.6) is 0 Å². The van der Waals surface area contributed by atoms with E-state index in [-0.39, 0.29) is 32.7 Å². The van der Waals surface area contributed by atoms with Gasteiger partial charge in [-0.25, -0.2) is 17.8 Å². The molecule has 1 heterocycles. The van der Waals surface area contributed by atoms with Gasteiger partial charge < -0.3 is 11.7 Å². The Morgan fingerprint density at radius 3 is 2.30 bits per heavy atom. The maximum Gasteiger partial charge on any atom is 0.176 e. The fourth-order valence-corrected chi connectivity index (χ4v) is 3.92. The van der Waals surface area contributed by atoms with Crippen LogP contribution >= 0.6 is 11.3 Å². The van der Waals surface area contributed by atoms with Gasteiger partial charge in [-0.3, -0.25) is 0 Å². The molecule has 4 heteroatoms. The summed E-state index contributed by atoms with van der Waals surface area (Å²) in [6.45, 7) is 2.09. The quantitative estimate of drug-likeness (QED) is 0.302. The topological polar surface area (TPSA) is 24.9 Å². The minimum atomic E-state index is 0. The zero-order valence-electron chi connectivity index (χ0n) is 17.1. The molecule has 1 aliphatic carbocycles. The van der Waals surface area contributed by atoms with E-state index >= 15 is 0 Å².